The molecule has 110 valence electrons. The van der Waals surface area contributed by atoms with Crippen LogP contribution < -0.4 is 11.2 Å². The number of nitrogens with one attached hydrogen (secondary N) is 1. The van der Waals surface area contributed by atoms with Gasteiger partial charge in [0.15, 0.2) is 0 Å². The Kier molecular flexibility index (Phi) is 5.94. The second-order valence-electron chi connectivity index (χ2n) is 4.77. The molecule has 0 fully saturated rings. The molecule has 0 aliphatic rings. The minimum atomic E-state index is -0.300. The second-order valence-corrected chi connectivity index (χ2v) is 4.77. The molecule has 2 rings (SSSR count). The highest BCUT2D eigenvalue weighted by atomic mass is 16.6. The van der Waals surface area contributed by atoms with Crippen molar-refractivity contribution in [2.75, 3.05) is 13.2 Å². The lowest BCUT2D eigenvalue weighted by atomic mass is 9.90. The molecule has 4 heteroatoms. The van der Waals surface area contributed by atoms with Crippen molar-refractivity contribution in [3.8, 4) is 0 Å². The van der Waals surface area contributed by atoms with Gasteiger partial charge in [0.2, 0.25) is 5.91 Å². The van der Waals surface area contributed by atoms with Gasteiger partial charge >= 0.3 is 0 Å². The Morgan fingerprint density at radius 1 is 1.00 bits per heavy atom. The summed E-state index contributed by atoms with van der Waals surface area (Å²) in [6, 6.07) is 19.6. The molecule has 0 aliphatic heterocycles. The van der Waals surface area contributed by atoms with Gasteiger partial charge in [-0.05, 0) is 17.5 Å². The molecule has 0 radical (unpaired) electrons. The van der Waals surface area contributed by atoms with E-state index >= 15 is 0 Å². The van der Waals surface area contributed by atoms with Crippen LogP contribution in [0.4, 0.5) is 0 Å². The van der Waals surface area contributed by atoms with E-state index < -0.39 is 0 Å². The van der Waals surface area contributed by atoms with Gasteiger partial charge in [-0.2, -0.15) is 0 Å². The first-order chi connectivity index (χ1) is 10.3. The summed E-state index contributed by atoms with van der Waals surface area (Å²) in [5, 5.41) is 2.94. The number of hydrogen-bond donors (Lipinski definition) is 2. The summed E-state index contributed by atoms with van der Waals surface area (Å²) in [6.45, 7) is 0.980. The molecule has 0 bridgehead atoms. The third-order valence-electron chi connectivity index (χ3n) is 3.27. The quantitative estimate of drug-likeness (QED) is 0.605. The lowest BCUT2D eigenvalue weighted by Gasteiger charge is -2.17. The molecule has 0 unspecified atom stereocenters. The Bertz CT molecular complexity index is 504. The maximum Gasteiger partial charge on any atom is 0.232 e. The summed E-state index contributed by atoms with van der Waals surface area (Å²) < 4.78 is 0. The normalized spacial score (nSPS) is 10.6. The Morgan fingerprint density at radius 3 is 2.00 bits per heavy atom. The van der Waals surface area contributed by atoms with Crippen LogP contribution >= 0.6 is 0 Å². The number of carbonyl (C=O) groups excluding carboxylic acids is 1. The average Bonchev–Trinajstić information content (AvgIpc) is 2.54. The number of hydrogen-bond acceptors (Lipinski definition) is 3. The highest BCUT2D eigenvalue weighted by molar-refractivity contribution is 5.87. The van der Waals surface area contributed by atoms with Crippen molar-refractivity contribution < 1.29 is 9.63 Å². The average molecular weight is 284 g/mol. The van der Waals surface area contributed by atoms with E-state index in [1.54, 1.807) is 0 Å². The smallest absolute Gasteiger partial charge is 0.232 e. The van der Waals surface area contributed by atoms with Crippen molar-refractivity contribution in [2.24, 2.45) is 5.90 Å². The largest absolute Gasteiger partial charge is 0.355 e. The van der Waals surface area contributed by atoms with Crippen molar-refractivity contribution in [3.63, 3.8) is 0 Å². The van der Waals surface area contributed by atoms with Gasteiger partial charge in [-0.15, -0.1) is 0 Å². The van der Waals surface area contributed by atoms with E-state index in [1.165, 1.54) is 0 Å². The van der Waals surface area contributed by atoms with Crippen LogP contribution in [0.15, 0.2) is 60.7 Å². The van der Waals surface area contributed by atoms with Crippen LogP contribution in [0.5, 0.6) is 0 Å². The molecule has 1 amide bonds. The van der Waals surface area contributed by atoms with Crippen LogP contribution in [0.2, 0.25) is 0 Å². The summed E-state index contributed by atoms with van der Waals surface area (Å²) in [7, 11) is 0. The highest BCUT2D eigenvalue weighted by Crippen LogP contribution is 2.24. The predicted octanol–water partition coefficient (Wildman–Crippen LogP) is 2.22. The molecule has 2 aromatic carbocycles. The Labute approximate surface area is 124 Å². The van der Waals surface area contributed by atoms with Crippen molar-refractivity contribution in [3.05, 3.63) is 71.8 Å². The lowest BCUT2D eigenvalue weighted by Crippen LogP contribution is -2.31. The first kappa shape index (κ1) is 15.2. The molecule has 0 heterocycles. The van der Waals surface area contributed by atoms with Crippen LogP contribution in [0.3, 0.4) is 0 Å². The molecule has 0 saturated heterocycles. The van der Waals surface area contributed by atoms with Gasteiger partial charge in [0, 0.05) is 6.54 Å². The molecular weight excluding hydrogens is 264 g/mol. The number of carbonyl (C=O) groups is 1. The van der Waals surface area contributed by atoms with E-state index in [0.29, 0.717) is 19.6 Å². The Morgan fingerprint density at radius 2 is 1.52 bits per heavy atom. The van der Waals surface area contributed by atoms with Gasteiger partial charge in [0.1, 0.15) is 0 Å². The Balaban J connectivity index is 2.15. The summed E-state index contributed by atoms with van der Waals surface area (Å²) in [6.07, 6.45) is 0.693. The van der Waals surface area contributed by atoms with E-state index in [9.17, 15) is 4.79 Å². The number of nitrogens with two attached hydrogens (primary N) is 1. The summed E-state index contributed by atoms with van der Waals surface area (Å²) in [4.78, 5) is 17.0. The topological polar surface area (TPSA) is 64.3 Å². The second kappa shape index (κ2) is 8.19. The third-order valence-corrected chi connectivity index (χ3v) is 3.27. The molecule has 3 N–H and O–H groups in total. The fourth-order valence-electron chi connectivity index (χ4n) is 2.26. The predicted molar refractivity (Wildman–Crippen MR) is 82.5 cm³/mol. The highest BCUT2D eigenvalue weighted by Gasteiger charge is 2.21. The van der Waals surface area contributed by atoms with Crippen LogP contribution in [-0.4, -0.2) is 19.1 Å². The van der Waals surface area contributed by atoms with Crippen LogP contribution in [0.25, 0.3) is 0 Å². The van der Waals surface area contributed by atoms with Crippen LogP contribution in [-0.2, 0) is 9.63 Å². The lowest BCUT2D eigenvalue weighted by molar-refractivity contribution is -0.121. The number of amides is 1. The molecule has 2 aromatic rings. The summed E-state index contributed by atoms with van der Waals surface area (Å²) >= 11 is 0. The van der Waals surface area contributed by atoms with E-state index in [2.05, 4.69) is 10.2 Å². The minimum absolute atomic E-state index is 0.00979. The van der Waals surface area contributed by atoms with Crippen molar-refractivity contribution in [2.45, 2.75) is 12.3 Å². The third kappa shape index (κ3) is 4.41. The minimum Gasteiger partial charge on any atom is -0.355 e. The van der Waals surface area contributed by atoms with Gasteiger partial charge in [0.05, 0.1) is 12.5 Å². The van der Waals surface area contributed by atoms with E-state index in [0.717, 1.165) is 11.1 Å². The number of benzene rings is 2. The van der Waals surface area contributed by atoms with Crippen molar-refractivity contribution >= 4 is 5.91 Å². The first-order valence-electron chi connectivity index (χ1n) is 7.02. The van der Waals surface area contributed by atoms with Crippen LogP contribution in [0, 0.1) is 0 Å². The van der Waals surface area contributed by atoms with E-state index in [-0.39, 0.29) is 11.8 Å². The van der Waals surface area contributed by atoms with Gasteiger partial charge in [0.25, 0.3) is 0 Å². The molecule has 0 aliphatic carbocycles. The molecular formula is C17H20N2O2. The SMILES string of the molecule is NOCCCNC(=O)C(c1ccccc1)c1ccccc1. The maximum atomic E-state index is 12.5. The van der Waals surface area contributed by atoms with Gasteiger partial charge in [-0.25, -0.2) is 5.90 Å². The zero-order valence-electron chi connectivity index (χ0n) is 11.9. The zero-order chi connectivity index (χ0) is 14.9. The molecule has 0 saturated carbocycles. The van der Waals surface area contributed by atoms with Gasteiger partial charge in [-0.3, -0.25) is 4.79 Å². The monoisotopic (exact) mass is 284 g/mol. The summed E-state index contributed by atoms with van der Waals surface area (Å²) in [5.41, 5.74) is 1.97. The zero-order valence-corrected chi connectivity index (χ0v) is 11.9. The van der Waals surface area contributed by atoms with Gasteiger partial charge in [-0.1, -0.05) is 60.7 Å². The fourth-order valence-corrected chi connectivity index (χ4v) is 2.26. The van der Waals surface area contributed by atoms with E-state index in [4.69, 9.17) is 5.90 Å². The Hall–Kier alpha value is -2.17. The molecule has 0 atom stereocenters. The van der Waals surface area contributed by atoms with Gasteiger partial charge < -0.3 is 10.2 Å². The maximum absolute atomic E-state index is 12.5. The number of rotatable bonds is 7. The molecule has 4 nitrogen and oxygen atoms in total. The standard InChI is InChI=1S/C17H20N2O2/c18-21-13-7-12-19-17(20)16(14-8-3-1-4-9-14)15-10-5-2-6-11-15/h1-6,8-11,16H,7,12-13,18H2,(H,19,20). The van der Waals surface area contributed by atoms with Crippen molar-refractivity contribution in [1.82, 2.24) is 5.32 Å². The van der Waals surface area contributed by atoms with E-state index in [1.807, 2.05) is 60.7 Å². The van der Waals surface area contributed by atoms with Crippen LogP contribution in [0.1, 0.15) is 23.5 Å². The fraction of sp³-hybridized carbons (Fsp3) is 0.235. The van der Waals surface area contributed by atoms with Crippen molar-refractivity contribution in [1.29, 1.82) is 0 Å². The first-order valence-corrected chi connectivity index (χ1v) is 7.02. The molecule has 21 heavy (non-hydrogen) atoms. The molecule has 0 aromatic heterocycles. The molecule has 0 spiro atoms. The summed E-state index contributed by atoms with van der Waals surface area (Å²) in [5.74, 6) is 4.66.